The van der Waals surface area contributed by atoms with Crippen molar-refractivity contribution in [1.29, 1.82) is 0 Å². The molecule has 0 unspecified atom stereocenters. The lowest BCUT2D eigenvalue weighted by molar-refractivity contribution is -0.128. The van der Waals surface area contributed by atoms with E-state index in [-0.39, 0.29) is 5.91 Å². The first kappa shape index (κ1) is 12.7. The smallest absolute Gasteiger partial charge is 0.259 e. The van der Waals surface area contributed by atoms with Crippen molar-refractivity contribution in [3.8, 4) is 0 Å². The molecule has 5 nitrogen and oxygen atoms in total. The third kappa shape index (κ3) is 2.27. The van der Waals surface area contributed by atoms with E-state index in [1.54, 1.807) is 6.07 Å². The van der Waals surface area contributed by atoms with Crippen molar-refractivity contribution in [1.82, 2.24) is 5.32 Å². The van der Waals surface area contributed by atoms with Crippen LogP contribution in [-0.4, -0.2) is 30.6 Å². The summed E-state index contributed by atoms with van der Waals surface area (Å²) in [6, 6.07) is 5.65. The highest BCUT2D eigenvalue weighted by molar-refractivity contribution is 6.16. The molecule has 0 spiro atoms. The zero-order valence-electron chi connectivity index (χ0n) is 10.3. The highest BCUT2D eigenvalue weighted by Crippen LogP contribution is 2.28. The number of aliphatic hydroxyl groups excluding tert-OH is 1. The number of aliphatic hydroxyl groups is 1. The van der Waals surface area contributed by atoms with Gasteiger partial charge in [-0.1, -0.05) is 12.1 Å². The molecule has 0 atom stereocenters. The van der Waals surface area contributed by atoms with Crippen LogP contribution in [0.2, 0.25) is 0 Å². The monoisotopic (exact) mass is 248 g/mol. The molecule has 1 aliphatic rings. The molecule has 96 valence electrons. The lowest BCUT2D eigenvalue weighted by atomic mass is 9.98. The molecular formula is C13H16N2O3. The Labute approximate surface area is 105 Å². The van der Waals surface area contributed by atoms with Crippen molar-refractivity contribution < 1.29 is 14.7 Å². The van der Waals surface area contributed by atoms with Crippen LogP contribution in [0.25, 0.3) is 0 Å². The van der Waals surface area contributed by atoms with Gasteiger partial charge in [0.25, 0.3) is 5.91 Å². The average Bonchev–Trinajstić information content (AvgIpc) is 2.38. The van der Waals surface area contributed by atoms with Gasteiger partial charge in [-0.05, 0) is 30.7 Å². The Hall–Kier alpha value is -1.72. The minimum absolute atomic E-state index is 0.247. The van der Waals surface area contributed by atoms with Gasteiger partial charge in [0.2, 0.25) is 5.91 Å². The Morgan fingerprint density at radius 3 is 2.89 bits per heavy atom. The maximum atomic E-state index is 11.7. The predicted molar refractivity (Wildman–Crippen MR) is 67.1 cm³/mol. The molecule has 2 N–H and O–H groups in total. The summed E-state index contributed by atoms with van der Waals surface area (Å²) in [4.78, 5) is 24.4. The number of carbonyl (C=O) groups excluding carboxylic acids is 2. The van der Waals surface area contributed by atoms with E-state index in [1.165, 1.54) is 0 Å². The first-order valence-corrected chi connectivity index (χ1v) is 5.90. The maximum Gasteiger partial charge on any atom is 0.259 e. The van der Waals surface area contributed by atoms with Gasteiger partial charge in [-0.3, -0.25) is 9.59 Å². The third-order valence-electron chi connectivity index (χ3n) is 3.01. The topological polar surface area (TPSA) is 69.6 Å². The number of nitrogens with one attached hydrogen (secondary N) is 1. The molecule has 5 heteroatoms. The molecule has 0 aromatic heterocycles. The molecule has 0 radical (unpaired) electrons. The first-order chi connectivity index (χ1) is 8.67. The second-order valence-electron chi connectivity index (χ2n) is 4.27. The van der Waals surface area contributed by atoms with Gasteiger partial charge < -0.3 is 10.4 Å². The number of anilines is 1. The van der Waals surface area contributed by atoms with E-state index < -0.39 is 12.5 Å². The van der Waals surface area contributed by atoms with E-state index in [2.05, 4.69) is 5.32 Å². The van der Waals surface area contributed by atoms with Crippen LogP contribution in [0.4, 0.5) is 5.69 Å². The molecule has 1 heterocycles. The second-order valence-corrected chi connectivity index (χ2v) is 4.27. The quantitative estimate of drug-likeness (QED) is 0.802. The average molecular weight is 248 g/mol. The Bertz CT molecular complexity index is 485. The Kier molecular flexibility index (Phi) is 3.74. The zero-order chi connectivity index (χ0) is 13.1. The van der Waals surface area contributed by atoms with Crippen LogP contribution >= 0.6 is 0 Å². The first-order valence-electron chi connectivity index (χ1n) is 5.90. The van der Waals surface area contributed by atoms with Gasteiger partial charge in [-0.25, -0.2) is 4.90 Å². The van der Waals surface area contributed by atoms with Crippen LogP contribution in [0.1, 0.15) is 17.5 Å². The fourth-order valence-corrected chi connectivity index (χ4v) is 2.20. The van der Waals surface area contributed by atoms with Crippen molar-refractivity contribution in [2.24, 2.45) is 0 Å². The SMILES string of the molecule is CNCc1ccc2c(c1)CCC(=O)N2C(=O)CO. The third-order valence-corrected chi connectivity index (χ3v) is 3.01. The van der Waals surface area contributed by atoms with E-state index in [4.69, 9.17) is 5.11 Å². The van der Waals surface area contributed by atoms with Crippen LogP contribution in [-0.2, 0) is 22.6 Å². The van der Waals surface area contributed by atoms with Crippen molar-refractivity contribution in [2.75, 3.05) is 18.6 Å². The molecular weight excluding hydrogens is 232 g/mol. The van der Waals surface area contributed by atoms with Gasteiger partial charge in [0.05, 0.1) is 5.69 Å². The molecule has 0 aliphatic carbocycles. The Morgan fingerprint density at radius 1 is 1.44 bits per heavy atom. The normalized spacial score (nSPS) is 14.6. The fraction of sp³-hybridized carbons (Fsp3) is 0.385. The Balaban J connectivity index is 2.38. The maximum absolute atomic E-state index is 11.7. The number of carbonyl (C=O) groups is 2. The lowest BCUT2D eigenvalue weighted by Gasteiger charge is -2.27. The van der Waals surface area contributed by atoms with Crippen molar-refractivity contribution in [3.63, 3.8) is 0 Å². The van der Waals surface area contributed by atoms with Crippen molar-refractivity contribution in [3.05, 3.63) is 29.3 Å². The molecule has 0 saturated carbocycles. The zero-order valence-corrected chi connectivity index (χ0v) is 10.3. The molecule has 2 amide bonds. The summed E-state index contributed by atoms with van der Waals surface area (Å²) >= 11 is 0. The summed E-state index contributed by atoms with van der Waals surface area (Å²) in [5.74, 6) is -0.815. The summed E-state index contributed by atoms with van der Waals surface area (Å²) < 4.78 is 0. The molecule has 0 saturated heterocycles. The van der Waals surface area contributed by atoms with Crippen LogP contribution in [0.3, 0.4) is 0 Å². The number of hydrogen-bond acceptors (Lipinski definition) is 4. The van der Waals surface area contributed by atoms with Gasteiger partial charge in [0.1, 0.15) is 6.61 Å². The van der Waals surface area contributed by atoms with Crippen LogP contribution in [0.5, 0.6) is 0 Å². The highest BCUT2D eigenvalue weighted by atomic mass is 16.3. The van der Waals surface area contributed by atoms with E-state index in [0.29, 0.717) is 18.5 Å². The van der Waals surface area contributed by atoms with Crippen LogP contribution in [0, 0.1) is 0 Å². The summed E-state index contributed by atoms with van der Waals surface area (Å²) in [6.45, 7) is 0.0959. The summed E-state index contributed by atoms with van der Waals surface area (Å²) in [6.07, 6.45) is 0.947. The number of hydrogen-bond donors (Lipinski definition) is 2. The predicted octanol–water partition coefficient (Wildman–Crippen LogP) is 0.204. The number of imide groups is 1. The number of nitrogens with zero attached hydrogens (tertiary/aromatic N) is 1. The number of aryl methyl sites for hydroxylation is 1. The second kappa shape index (κ2) is 5.29. The standard InChI is InChI=1S/C13H16N2O3/c1-14-7-9-2-4-11-10(6-9)3-5-12(17)15(11)13(18)8-16/h2,4,6,14,16H,3,5,7-8H2,1H3. The number of fused-ring (bicyclic) bond motifs is 1. The van der Waals surface area contributed by atoms with E-state index >= 15 is 0 Å². The molecule has 1 aromatic carbocycles. The van der Waals surface area contributed by atoms with Crippen LogP contribution in [0.15, 0.2) is 18.2 Å². The van der Waals surface area contributed by atoms with Crippen molar-refractivity contribution >= 4 is 17.5 Å². The molecule has 0 bridgehead atoms. The molecule has 2 rings (SSSR count). The minimum atomic E-state index is -0.649. The van der Waals surface area contributed by atoms with E-state index in [0.717, 1.165) is 22.6 Å². The van der Waals surface area contributed by atoms with Gasteiger partial charge in [-0.2, -0.15) is 0 Å². The number of rotatable bonds is 3. The van der Waals surface area contributed by atoms with Gasteiger partial charge in [-0.15, -0.1) is 0 Å². The molecule has 0 fully saturated rings. The fourth-order valence-electron chi connectivity index (χ4n) is 2.20. The van der Waals surface area contributed by atoms with Crippen molar-refractivity contribution in [2.45, 2.75) is 19.4 Å². The van der Waals surface area contributed by atoms with E-state index in [9.17, 15) is 9.59 Å². The lowest BCUT2D eigenvalue weighted by Crippen LogP contribution is -2.41. The van der Waals surface area contributed by atoms with Crippen LogP contribution < -0.4 is 10.2 Å². The molecule has 1 aromatic rings. The molecule has 1 aliphatic heterocycles. The largest absolute Gasteiger partial charge is 0.387 e. The van der Waals surface area contributed by atoms with Gasteiger partial charge in [0, 0.05) is 13.0 Å². The summed E-state index contributed by atoms with van der Waals surface area (Å²) in [7, 11) is 1.87. The molecule has 18 heavy (non-hydrogen) atoms. The summed E-state index contributed by atoms with van der Waals surface area (Å²) in [5, 5.41) is 12.0. The van der Waals surface area contributed by atoms with E-state index in [1.807, 2.05) is 19.2 Å². The number of benzene rings is 1. The van der Waals surface area contributed by atoms with Gasteiger partial charge in [0.15, 0.2) is 0 Å². The van der Waals surface area contributed by atoms with Gasteiger partial charge >= 0.3 is 0 Å². The highest BCUT2D eigenvalue weighted by Gasteiger charge is 2.28. The minimum Gasteiger partial charge on any atom is -0.387 e. The number of amides is 2. The summed E-state index contributed by atoms with van der Waals surface area (Å²) in [5.41, 5.74) is 2.69. The Morgan fingerprint density at radius 2 is 2.22 bits per heavy atom.